The second-order valence-corrected chi connectivity index (χ2v) is 7.74. The third-order valence-corrected chi connectivity index (χ3v) is 5.10. The van der Waals surface area contributed by atoms with Crippen LogP contribution >= 0.6 is 0 Å². The van der Waals surface area contributed by atoms with Crippen LogP contribution in [0.15, 0.2) is 40.8 Å². The summed E-state index contributed by atoms with van der Waals surface area (Å²) in [6.07, 6.45) is 11.9. The van der Waals surface area contributed by atoms with Crippen LogP contribution in [-0.2, 0) is 15.3 Å². The summed E-state index contributed by atoms with van der Waals surface area (Å²) in [6, 6.07) is 7.50. The summed E-state index contributed by atoms with van der Waals surface area (Å²) in [5.74, 6) is 2.69. The lowest BCUT2D eigenvalue weighted by molar-refractivity contribution is 0.135. The van der Waals surface area contributed by atoms with Crippen LogP contribution in [0.4, 0.5) is 0 Å². The second-order valence-electron chi connectivity index (χ2n) is 6.61. The van der Waals surface area contributed by atoms with Crippen LogP contribution in [0.5, 0.6) is 0 Å². The van der Waals surface area contributed by atoms with Crippen LogP contribution < -0.4 is 0 Å². The van der Waals surface area contributed by atoms with E-state index >= 15 is 0 Å². The van der Waals surface area contributed by atoms with Gasteiger partial charge in [-0.25, -0.2) is 4.21 Å². The Morgan fingerprint density at radius 1 is 1.36 bits per heavy atom. The zero-order valence-corrected chi connectivity index (χ0v) is 14.4. The zero-order valence-electron chi connectivity index (χ0n) is 13.6. The van der Waals surface area contributed by atoms with E-state index in [9.17, 15) is 4.21 Å². The maximum Gasteiger partial charge on any atom is 0.190 e. The van der Waals surface area contributed by atoms with Crippen molar-refractivity contribution in [2.75, 3.05) is 0 Å². The van der Waals surface area contributed by atoms with E-state index in [4.69, 9.17) is 10.6 Å². The van der Waals surface area contributed by atoms with Gasteiger partial charge in [0.15, 0.2) is 11.1 Å². The molecule has 1 aliphatic carbocycles. The minimum atomic E-state index is -1.53. The predicted octanol–water partition coefficient (Wildman–Crippen LogP) is 4.56. The highest BCUT2D eigenvalue weighted by Crippen LogP contribution is 2.36. The van der Waals surface area contributed by atoms with Gasteiger partial charge in [0.2, 0.25) is 0 Å². The van der Waals surface area contributed by atoms with Gasteiger partial charge in [0.05, 0.1) is 4.90 Å². The Morgan fingerprint density at radius 2 is 2.05 bits per heavy atom. The van der Waals surface area contributed by atoms with Crippen molar-refractivity contribution in [3.63, 3.8) is 0 Å². The molecule has 0 fully saturated rings. The van der Waals surface area contributed by atoms with Crippen molar-refractivity contribution in [1.29, 1.82) is 0 Å². The number of terminal acetylenes is 1. The molecule has 2 atom stereocenters. The number of hydrogen-bond acceptors (Lipinski definition) is 2. The molecule has 1 aromatic carbocycles. The van der Waals surface area contributed by atoms with Crippen LogP contribution in [0.25, 0.3) is 0 Å². The van der Waals surface area contributed by atoms with E-state index in [1.807, 2.05) is 31.2 Å². The number of allylic oxidation sites excluding steroid dienone is 2. The lowest BCUT2D eigenvalue weighted by atomic mass is 9.80. The van der Waals surface area contributed by atoms with Gasteiger partial charge in [-0.15, -0.1) is 6.42 Å². The quantitative estimate of drug-likeness (QED) is 0.568. The normalized spacial score (nSPS) is 17.6. The van der Waals surface area contributed by atoms with Crippen LogP contribution in [0, 0.1) is 24.7 Å². The van der Waals surface area contributed by atoms with E-state index in [2.05, 4.69) is 25.8 Å². The fourth-order valence-electron chi connectivity index (χ4n) is 2.75. The van der Waals surface area contributed by atoms with Crippen LogP contribution in [0.3, 0.4) is 0 Å². The molecule has 1 aliphatic rings. The molecule has 2 nitrogen and oxygen atoms in total. The van der Waals surface area contributed by atoms with Gasteiger partial charge in [-0.05, 0) is 44.7 Å². The molecule has 0 aromatic heterocycles. The number of benzene rings is 1. The molecule has 0 bridgehead atoms. The Bertz CT molecular complexity index is 605. The average Bonchev–Trinajstić information content (AvgIpc) is 2.97. The second kappa shape index (κ2) is 7.26. The first-order valence-electron chi connectivity index (χ1n) is 7.72. The highest BCUT2D eigenvalue weighted by molar-refractivity contribution is 7.80. The number of hydrogen-bond donors (Lipinski definition) is 0. The Kier molecular flexibility index (Phi) is 5.61. The summed E-state index contributed by atoms with van der Waals surface area (Å²) in [5.41, 5.74) is 2.34. The van der Waals surface area contributed by atoms with Crippen molar-refractivity contribution in [2.45, 2.75) is 57.5 Å². The van der Waals surface area contributed by atoms with Crippen molar-refractivity contribution >= 4 is 11.1 Å². The Labute approximate surface area is 136 Å². The van der Waals surface area contributed by atoms with Crippen molar-refractivity contribution in [3.8, 4) is 12.3 Å². The van der Waals surface area contributed by atoms with Crippen molar-refractivity contribution in [3.05, 3.63) is 41.5 Å². The fourth-order valence-corrected chi connectivity index (χ4v) is 3.71. The minimum Gasteiger partial charge on any atom is -0.270 e. The molecule has 0 saturated carbocycles. The first-order valence-corrected chi connectivity index (χ1v) is 8.79. The van der Waals surface area contributed by atoms with Gasteiger partial charge in [0.1, 0.15) is 6.10 Å². The molecule has 0 aliphatic heterocycles. The summed E-state index contributed by atoms with van der Waals surface area (Å²) in [4.78, 5) is 0.654. The largest absolute Gasteiger partial charge is 0.270 e. The highest BCUT2D eigenvalue weighted by atomic mass is 32.2. The summed E-state index contributed by atoms with van der Waals surface area (Å²) in [7, 11) is 0. The van der Waals surface area contributed by atoms with E-state index < -0.39 is 17.2 Å². The molecule has 0 heterocycles. The first-order chi connectivity index (χ1) is 10.4. The summed E-state index contributed by atoms with van der Waals surface area (Å²) < 4.78 is 18.1. The lowest BCUT2D eigenvalue weighted by Gasteiger charge is -2.30. The van der Waals surface area contributed by atoms with Gasteiger partial charge in [-0.3, -0.25) is 4.18 Å². The summed E-state index contributed by atoms with van der Waals surface area (Å²) in [5, 5.41) is 0. The minimum absolute atomic E-state index is 0.231. The summed E-state index contributed by atoms with van der Waals surface area (Å²) >= 11 is -1.53. The molecule has 0 radical (unpaired) electrons. The van der Waals surface area contributed by atoms with Crippen molar-refractivity contribution in [1.82, 2.24) is 0 Å². The number of rotatable bonds is 6. The number of aryl methyl sites for hydroxylation is 1. The Balaban J connectivity index is 2.05. The van der Waals surface area contributed by atoms with E-state index in [0.717, 1.165) is 24.8 Å². The average molecular weight is 316 g/mol. The third kappa shape index (κ3) is 4.32. The molecule has 3 heteroatoms. The zero-order chi connectivity index (χ0) is 16.2. The molecule has 118 valence electrons. The molecule has 2 unspecified atom stereocenters. The topological polar surface area (TPSA) is 26.3 Å². The van der Waals surface area contributed by atoms with Gasteiger partial charge < -0.3 is 0 Å². The maximum absolute atomic E-state index is 12.4. The van der Waals surface area contributed by atoms with Gasteiger partial charge in [-0.2, -0.15) is 0 Å². The molecule has 0 saturated heterocycles. The van der Waals surface area contributed by atoms with Crippen LogP contribution in [0.2, 0.25) is 0 Å². The van der Waals surface area contributed by atoms with E-state index in [1.165, 1.54) is 12.0 Å². The molecule has 2 rings (SSSR count). The standard InChI is InChI=1S/C19H24O2S/c1-5-18(19(3,4)14-16-8-6-7-9-16)21-22(20)17-12-10-15(2)11-13-17/h1,8,10-13,18H,6-7,9,14H2,2-4H3. The molecule has 0 spiro atoms. The molecular formula is C19H24O2S. The van der Waals surface area contributed by atoms with E-state index in [0.29, 0.717) is 4.90 Å². The molecular weight excluding hydrogens is 292 g/mol. The lowest BCUT2D eigenvalue weighted by Crippen LogP contribution is -2.32. The molecule has 0 amide bonds. The first kappa shape index (κ1) is 17.0. The molecule has 1 aromatic rings. The monoisotopic (exact) mass is 316 g/mol. The maximum atomic E-state index is 12.4. The van der Waals surface area contributed by atoms with Crippen LogP contribution in [-0.4, -0.2) is 10.3 Å². The fraction of sp³-hybridized carbons (Fsp3) is 0.474. The predicted molar refractivity (Wildman–Crippen MR) is 91.6 cm³/mol. The Hall–Kier alpha value is -1.37. The van der Waals surface area contributed by atoms with Crippen molar-refractivity contribution < 1.29 is 8.39 Å². The molecule has 0 N–H and O–H groups in total. The SMILES string of the molecule is C#CC(OS(=O)c1ccc(C)cc1)C(C)(C)CC1=CCCC1. The van der Waals surface area contributed by atoms with E-state index in [-0.39, 0.29) is 5.41 Å². The van der Waals surface area contributed by atoms with Crippen LogP contribution in [0.1, 0.15) is 45.1 Å². The Morgan fingerprint density at radius 3 is 2.59 bits per heavy atom. The van der Waals surface area contributed by atoms with E-state index in [1.54, 1.807) is 0 Å². The highest BCUT2D eigenvalue weighted by Gasteiger charge is 2.32. The van der Waals surface area contributed by atoms with Gasteiger partial charge >= 0.3 is 0 Å². The van der Waals surface area contributed by atoms with Crippen molar-refractivity contribution in [2.24, 2.45) is 5.41 Å². The van der Waals surface area contributed by atoms with Gasteiger partial charge in [-0.1, -0.05) is 49.1 Å². The van der Waals surface area contributed by atoms with Gasteiger partial charge in [0.25, 0.3) is 0 Å². The smallest absolute Gasteiger partial charge is 0.190 e. The molecule has 22 heavy (non-hydrogen) atoms. The van der Waals surface area contributed by atoms with Gasteiger partial charge in [0, 0.05) is 5.41 Å². The summed E-state index contributed by atoms with van der Waals surface area (Å²) in [6.45, 7) is 6.17. The third-order valence-electron chi connectivity index (χ3n) is 4.08.